The molecule has 0 heterocycles. The zero-order valence-electron chi connectivity index (χ0n) is 16.2. The summed E-state index contributed by atoms with van der Waals surface area (Å²) >= 11 is 0. The van der Waals surface area contributed by atoms with Crippen LogP contribution >= 0.6 is 0 Å². The minimum Gasteiger partial charge on any atom is -0.316 e. The van der Waals surface area contributed by atoms with E-state index in [1.807, 2.05) is 0 Å². The first-order valence-corrected chi connectivity index (χ1v) is 10.9. The molecule has 0 spiro atoms. The molecule has 1 N–H and O–H groups in total. The molecular weight excluding hydrogens is 278 g/mol. The van der Waals surface area contributed by atoms with E-state index in [1.54, 1.807) is 0 Å². The summed E-state index contributed by atoms with van der Waals surface area (Å²) in [5.74, 6) is 0. The van der Waals surface area contributed by atoms with Gasteiger partial charge in [-0.05, 0) is 49.4 Å². The first-order valence-electron chi connectivity index (χ1n) is 10.9. The third kappa shape index (κ3) is 6.07. The number of hydrogen-bond donors (Lipinski definition) is 1. The molecule has 0 atom stereocenters. The fourth-order valence-corrected chi connectivity index (χ4v) is 5.33. The molecule has 0 saturated heterocycles. The molecule has 0 amide bonds. The van der Waals surface area contributed by atoms with Crippen molar-refractivity contribution < 1.29 is 0 Å². The zero-order chi connectivity index (χ0) is 16.4. The van der Waals surface area contributed by atoms with E-state index >= 15 is 0 Å². The monoisotopic (exact) mass is 321 g/mol. The minimum atomic E-state index is 0.648. The second-order valence-electron chi connectivity index (χ2n) is 8.93. The molecule has 2 fully saturated rings. The van der Waals surface area contributed by atoms with Gasteiger partial charge in [0.05, 0.1) is 0 Å². The molecule has 0 aromatic rings. The molecule has 0 unspecified atom stereocenters. The Morgan fingerprint density at radius 1 is 0.609 bits per heavy atom. The predicted octanol–water partition coefficient (Wildman–Crippen LogP) is 6.86. The summed E-state index contributed by atoms with van der Waals surface area (Å²) in [6.45, 7) is 7.32. The summed E-state index contributed by atoms with van der Waals surface area (Å²) in [6.07, 6.45) is 23.4. The Morgan fingerprint density at radius 3 is 1.35 bits per heavy atom. The summed E-state index contributed by atoms with van der Waals surface area (Å²) in [4.78, 5) is 0. The summed E-state index contributed by atoms with van der Waals surface area (Å²) in [6, 6.07) is 0. The Labute approximate surface area is 146 Å². The Kier molecular flexibility index (Phi) is 8.44. The average molecular weight is 322 g/mol. The van der Waals surface area contributed by atoms with E-state index in [0.717, 1.165) is 0 Å². The highest BCUT2D eigenvalue weighted by Crippen LogP contribution is 2.42. The third-order valence-corrected chi connectivity index (χ3v) is 6.95. The Bertz CT molecular complexity index is 267. The molecule has 0 aromatic carbocycles. The van der Waals surface area contributed by atoms with E-state index in [9.17, 15) is 0 Å². The van der Waals surface area contributed by atoms with Gasteiger partial charge in [-0.25, -0.2) is 0 Å². The third-order valence-electron chi connectivity index (χ3n) is 6.95. The zero-order valence-corrected chi connectivity index (χ0v) is 16.2. The summed E-state index contributed by atoms with van der Waals surface area (Å²) in [5.41, 5.74) is 1.30. The molecule has 2 aliphatic rings. The summed E-state index contributed by atoms with van der Waals surface area (Å²) < 4.78 is 0. The Morgan fingerprint density at radius 2 is 1.00 bits per heavy atom. The second kappa shape index (κ2) is 10.1. The van der Waals surface area contributed by atoms with Crippen molar-refractivity contribution in [3.05, 3.63) is 0 Å². The van der Waals surface area contributed by atoms with Crippen LogP contribution in [-0.4, -0.2) is 13.1 Å². The molecular formula is C22H43N. The molecule has 0 bridgehead atoms. The number of nitrogens with one attached hydrogen (secondary N) is 1. The van der Waals surface area contributed by atoms with E-state index in [1.165, 1.54) is 116 Å². The van der Waals surface area contributed by atoms with Gasteiger partial charge in [-0.2, -0.15) is 0 Å². The molecule has 2 saturated carbocycles. The van der Waals surface area contributed by atoms with Crippen LogP contribution in [0.5, 0.6) is 0 Å². The van der Waals surface area contributed by atoms with Crippen molar-refractivity contribution in [1.29, 1.82) is 0 Å². The highest BCUT2D eigenvalue weighted by atomic mass is 14.9. The van der Waals surface area contributed by atoms with Crippen molar-refractivity contribution in [1.82, 2.24) is 5.32 Å². The lowest BCUT2D eigenvalue weighted by Gasteiger charge is -2.41. The molecule has 23 heavy (non-hydrogen) atoms. The van der Waals surface area contributed by atoms with Crippen molar-refractivity contribution >= 4 is 0 Å². The smallest absolute Gasteiger partial charge is 0.000804 e. The second-order valence-corrected chi connectivity index (χ2v) is 8.93. The lowest BCUT2D eigenvalue weighted by molar-refractivity contribution is 0.127. The minimum absolute atomic E-state index is 0.648. The number of unbranched alkanes of at least 4 members (excludes halogenated alkanes) is 2. The molecule has 0 aromatic heterocycles. The van der Waals surface area contributed by atoms with Gasteiger partial charge < -0.3 is 5.32 Å². The normalized spacial score (nSPS) is 23.7. The van der Waals surface area contributed by atoms with Gasteiger partial charge in [0.2, 0.25) is 0 Å². The Hall–Kier alpha value is -0.0400. The maximum absolute atomic E-state index is 4.02. The first-order chi connectivity index (χ1) is 11.2. The van der Waals surface area contributed by atoms with Crippen LogP contribution in [0.3, 0.4) is 0 Å². The van der Waals surface area contributed by atoms with Gasteiger partial charge >= 0.3 is 0 Å². The lowest BCUT2D eigenvalue weighted by Crippen LogP contribution is -2.42. The summed E-state index contributed by atoms with van der Waals surface area (Å²) in [5, 5.41) is 4.02. The molecule has 1 nitrogen and oxygen atoms in total. The largest absolute Gasteiger partial charge is 0.316 e. The van der Waals surface area contributed by atoms with Crippen LogP contribution in [0.4, 0.5) is 0 Å². The van der Waals surface area contributed by atoms with Crippen LogP contribution in [0, 0.1) is 10.8 Å². The number of hydrogen-bond acceptors (Lipinski definition) is 1. The standard InChI is InChI=1S/C22H43N/c1-3-5-13-21(15-9-7-10-16-21)19-23-20-22(14-6-4-2)17-11-8-12-18-22/h23H,3-20H2,1-2H3. The van der Waals surface area contributed by atoms with E-state index in [2.05, 4.69) is 19.2 Å². The van der Waals surface area contributed by atoms with Gasteiger partial charge in [0.15, 0.2) is 0 Å². The van der Waals surface area contributed by atoms with Crippen LogP contribution in [0.1, 0.15) is 117 Å². The van der Waals surface area contributed by atoms with Crippen molar-refractivity contribution in [2.75, 3.05) is 13.1 Å². The van der Waals surface area contributed by atoms with E-state index in [0.29, 0.717) is 10.8 Å². The first kappa shape index (κ1) is 19.3. The van der Waals surface area contributed by atoms with Crippen LogP contribution in [0.15, 0.2) is 0 Å². The van der Waals surface area contributed by atoms with Crippen LogP contribution in [0.25, 0.3) is 0 Å². The highest BCUT2D eigenvalue weighted by molar-refractivity contribution is 4.89. The quantitative estimate of drug-likeness (QED) is 0.463. The summed E-state index contributed by atoms with van der Waals surface area (Å²) in [7, 11) is 0. The number of rotatable bonds is 10. The van der Waals surface area contributed by atoms with Crippen LogP contribution < -0.4 is 5.32 Å². The maximum atomic E-state index is 4.02. The van der Waals surface area contributed by atoms with Gasteiger partial charge in [-0.1, -0.05) is 78.1 Å². The predicted molar refractivity (Wildman–Crippen MR) is 103 cm³/mol. The average Bonchev–Trinajstić information content (AvgIpc) is 2.60. The maximum Gasteiger partial charge on any atom is 0.000804 e. The Balaban J connectivity index is 1.85. The molecule has 2 rings (SSSR count). The van der Waals surface area contributed by atoms with Crippen molar-refractivity contribution in [2.24, 2.45) is 10.8 Å². The molecule has 136 valence electrons. The lowest BCUT2D eigenvalue weighted by atomic mass is 9.69. The van der Waals surface area contributed by atoms with Crippen molar-refractivity contribution in [3.63, 3.8) is 0 Å². The van der Waals surface area contributed by atoms with Gasteiger partial charge in [-0.15, -0.1) is 0 Å². The van der Waals surface area contributed by atoms with Gasteiger partial charge in [-0.3, -0.25) is 0 Å². The highest BCUT2D eigenvalue weighted by Gasteiger charge is 2.34. The van der Waals surface area contributed by atoms with Gasteiger partial charge in [0.25, 0.3) is 0 Å². The van der Waals surface area contributed by atoms with E-state index in [4.69, 9.17) is 0 Å². The molecule has 0 radical (unpaired) electrons. The van der Waals surface area contributed by atoms with E-state index in [-0.39, 0.29) is 0 Å². The van der Waals surface area contributed by atoms with Crippen LogP contribution in [-0.2, 0) is 0 Å². The molecule has 0 aliphatic heterocycles. The van der Waals surface area contributed by atoms with Gasteiger partial charge in [0, 0.05) is 13.1 Å². The van der Waals surface area contributed by atoms with Crippen molar-refractivity contribution in [3.8, 4) is 0 Å². The topological polar surface area (TPSA) is 12.0 Å². The van der Waals surface area contributed by atoms with E-state index < -0.39 is 0 Å². The fourth-order valence-electron chi connectivity index (χ4n) is 5.33. The molecule has 2 aliphatic carbocycles. The SMILES string of the molecule is CCCCC1(CNCC2(CCCC)CCCCC2)CCCCC1. The van der Waals surface area contributed by atoms with Crippen molar-refractivity contribution in [2.45, 2.75) is 117 Å². The van der Waals surface area contributed by atoms with Gasteiger partial charge in [0.1, 0.15) is 0 Å². The fraction of sp³-hybridized carbons (Fsp3) is 1.00. The van der Waals surface area contributed by atoms with Crippen LogP contribution in [0.2, 0.25) is 0 Å². The molecule has 1 heteroatoms.